The van der Waals surface area contributed by atoms with Crippen molar-refractivity contribution in [2.24, 2.45) is 7.05 Å². The SMILES string of the molecule is COc1cccc(-n2c(C)cn3c4c(=O)n(CCN5CCCCC5)c(=O)n(C)c4nc23)c1. The highest BCUT2D eigenvalue weighted by Gasteiger charge is 2.21. The molecular weight excluding hydrogens is 408 g/mol. The molecule has 0 spiro atoms. The fourth-order valence-electron chi connectivity index (χ4n) is 4.70. The average molecular weight is 437 g/mol. The predicted molar refractivity (Wildman–Crippen MR) is 123 cm³/mol. The van der Waals surface area contributed by atoms with E-state index in [1.165, 1.54) is 28.4 Å². The van der Waals surface area contributed by atoms with Gasteiger partial charge in [-0.2, -0.15) is 4.98 Å². The van der Waals surface area contributed by atoms with Gasteiger partial charge in [0.2, 0.25) is 5.78 Å². The fraction of sp³-hybridized carbons (Fsp3) is 0.435. The first-order valence-corrected chi connectivity index (χ1v) is 11.1. The van der Waals surface area contributed by atoms with Crippen LogP contribution in [0.5, 0.6) is 5.75 Å². The van der Waals surface area contributed by atoms with E-state index in [1.807, 2.05) is 42.0 Å². The van der Waals surface area contributed by atoms with Crippen LogP contribution in [0.25, 0.3) is 22.6 Å². The minimum absolute atomic E-state index is 0.296. The van der Waals surface area contributed by atoms with Gasteiger partial charge in [-0.05, 0) is 45.0 Å². The summed E-state index contributed by atoms with van der Waals surface area (Å²) in [7, 11) is 3.31. The Bertz CT molecular complexity index is 1420. The monoisotopic (exact) mass is 436 g/mol. The maximum atomic E-state index is 13.4. The molecule has 5 rings (SSSR count). The van der Waals surface area contributed by atoms with Crippen molar-refractivity contribution in [2.45, 2.75) is 32.7 Å². The number of methoxy groups -OCH3 is 1. The molecule has 1 saturated heterocycles. The molecule has 168 valence electrons. The lowest BCUT2D eigenvalue weighted by Crippen LogP contribution is -2.43. The third kappa shape index (κ3) is 3.24. The highest BCUT2D eigenvalue weighted by Crippen LogP contribution is 2.23. The van der Waals surface area contributed by atoms with Crippen molar-refractivity contribution >= 4 is 16.9 Å². The smallest absolute Gasteiger partial charge is 0.332 e. The number of fused-ring (bicyclic) bond motifs is 3. The molecule has 0 N–H and O–H groups in total. The van der Waals surface area contributed by atoms with Crippen LogP contribution >= 0.6 is 0 Å². The standard InChI is InChI=1S/C23H28N6O3/c1-16-15-28-19-20(24-22(28)29(16)17-8-7-9-18(14-17)32-3)25(2)23(31)27(21(19)30)13-12-26-10-5-4-6-11-26/h7-9,14-15H,4-6,10-13H2,1-3H3. The van der Waals surface area contributed by atoms with Crippen LogP contribution in [0.15, 0.2) is 40.1 Å². The number of likely N-dealkylation sites (tertiary alicyclic amines) is 1. The van der Waals surface area contributed by atoms with Gasteiger partial charge in [-0.15, -0.1) is 0 Å². The van der Waals surface area contributed by atoms with Gasteiger partial charge in [-0.1, -0.05) is 12.5 Å². The topological polar surface area (TPSA) is 78.7 Å². The summed E-state index contributed by atoms with van der Waals surface area (Å²) >= 11 is 0. The molecule has 0 atom stereocenters. The van der Waals surface area contributed by atoms with Crippen LogP contribution < -0.4 is 16.0 Å². The molecule has 0 amide bonds. The molecule has 1 aliphatic heterocycles. The first-order chi connectivity index (χ1) is 15.5. The van der Waals surface area contributed by atoms with E-state index in [-0.39, 0.29) is 11.2 Å². The Morgan fingerprint density at radius 3 is 2.62 bits per heavy atom. The summed E-state index contributed by atoms with van der Waals surface area (Å²) in [4.78, 5) is 33.5. The first kappa shape index (κ1) is 20.6. The second kappa shape index (κ2) is 7.98. The van der Waals surface area contributed by atoms with Crippen LogP contribution in [0.4, 0.5) is 0 Å². The second-order valence-corrected chi connectivity index (χ2v) is 8.46. The summed E-state index contributed by atoms with van der Waals surface area (Å²) < 4.78 is 12.0. The number of benzene rings is 1. The van der Waals surface area contributed by atoms with E-state index < -0.39 is 0 Å². The number of aryl methyl sites for hydroxylation is 2. The van der Waals surface area contributed by atoms with Crippen molar-refractivity contribution in [3.05, 3.63) is 57.0 Å². The molecule has 0 bridgehead atoms. The van der Waals surface area contributed by atoms with E-state index in [1.54, 1.807) is 18.6 Å². The maximum absolute atomic E-state index is 13.4. The van der Waals surface area contributed by atoms with E-state index in [0.29, 0.717) is 30.0 Å². The highest BCUT2D eigenvalue weighted by molar-refractivity contribution is 5.76. The number of nitrogens with zero attached hydrogens (tertiary/aromatic N) is 6. The van der Waals surface area contributed by atoms with Crippen LogP contribution in [0.3, 0.4) is 0 Å². The molecule has 0 radical (unpaired) electrons. The van der Waals surface area contributed by atoms with Gasteiger partial charge in [0.1, 0.15) is 5.75 Å². The quantitative estimate of drug-likeness (QED) is 0.478. The number of piperidine rings is 1. The normalized spacial score (nSPS) is 15.1. The molecule has 1 aliphatic rings. The predicted octanol–water partition coefficient (Wildman–Crippen LogP) is 1.94. The lowest BCUT2D eigenvalue weighted by molar-refractivity contribution is 0.218. The Labute approximate surface area is 185 Å². The molecule has 32 heavy (non-hydrogen) atoms. The third-order valence-corrected chi connectivity index (χ3v) is 6.43. The number of ether oxygens (including phenoxy) is 1. The van der Waals surface area contributed by atoms with Crippen molar-refractivity contribution in [2.75, 3.05) is 26.7 Å². The van der Waals surface area contributed by atoms with E-state index in [4.69, 9.17) is 9.72 Å². The van der Waals surface area contributed by atoms with Crippen molar-refractivity contribution in [1.82, 2.24) is 28.0 Å². The zero-order valence-electron chi connectivity index (χ0n) is 18.7. The number of rotatable bonds is 5. The van der Waals surface area contributed by atoms with Crippen LogP contribution in [0, 0.1) is 6.92 Å². The van der Waals surface area contributed by atoms with Gasteiger partial charge in [0.15, 0.2) is 11.2 Å². The van der Waals surface area contributed by atoms with Gasteiger partial charge >= 0.3 is 5.69 Å². The molecule has 0 unspecified atom stereocenters. The van der Waals surface area contributed by atoms with Gasteiger partial charge in [-0.25, -0.2) is 4.79 Å². The van der Waals surface area contributed by atoms with E-state index in [0.717, 1.165) is 30.2 Å². The van der Waals surface area contributed by atoms with Gasteiger partial charge in [0, 0.05) is 38.1 Å². The van der Waals surface area contributed by atoms with Crippen LogP contribution in [0.1, 0.15) is 25.0 Å². The maximum Gasteiger partial charge on any atom is 0.332 e. The molecule has 0 saturated carbocycles. The molecule has 1 aromatic carbocycles. The second-order valence-electron chi connectivity index (χ2n) is 8.46. The van der Waals surface area contributed by atoms with Crippen LogP contribution in [0.2, 0.25) is 0 Å². The van der Waals surface area contributed by atoms with Crippen molar-refractivity contribution in [1.29, 1.82) is 0 Å². The molecule has 0 aliphatic carbocycles. The first-order valence-electron chi connectivity index (χ1n) is 11.1. The van der Waals surface area contributed by atoms with E-state index >= 15 is 0 Å². The van der Waals surface area contributed by atoms with Crippen molar-refractivity contribution < 1.29 is 4.74 Å². The molecule has 4 heterocycles. The van der Waals surface area contributed by atoms with Crippen molar-refractivity contribution in [3.63, 3.8) is 0 Å². The lowest BCUT2D eigenvalue weighted by Gasteiger charge is -2.26. The zero-order valence-corrected chi connectivity index (χ0v) is 18.7. The Balaban J connectivity index is 1.66. The Hall–Kier alpha value is -3.33. The largest absolute Gasteiger partial charge is 0.497 e. The number of aromatic nitrogens is 5. The van der Waals surface area contributed by atoms with Crippen LogP contribution in [-0.2, 0) is 13.6 Å². The summed E-state index contributed by atoms with van der Waals surface area (Å²) in [5.74, 6) is 1.32. The van der Waals surface area contributed by atoms with E-state index in [2.05, 4.69) is 4.90 Å². The third-order valence-electron chi connectivity index (χ3n) is 6.43. The number of hydrogen-bond acceptors (Lipinski definition) is 5. The lowest BCUT2D eigenvalue weighted by atomic mass is 10.1. The summed E-state index contributed by atoms with van der Waals surface area (Å²) in [5, 5.41) is 0. The molecule has 9 heteroatoms. The van der Waals surface area contributed by atoms with Crippen LogP contribution in [-0.4, -0.2) is 54.7 Å². The summed E-state index contributed by atoms with van der Waals surface area (Å²) in [6, 6.07) is 7.68. The molecule has 1 fully saturated rings. The van der Waals surface area contributed by atoms with E-state index in [9.17, 15) is 9.59 Å². The Morgan fingerprint density at radius 2 is 1.88 bits per heavy atom. The minimum Gasteiger partial charge on any atom is -0.497 e. The zero-order chi connectivity index (χ0) is 22.4. The summed E-state index contributed by atoms with van der Waals surface area (Å²) in [6.07, 6.45) is 5.49. The van der Waals surface area contributed by atoms with Gasteiger partial charge in [0.05, 0.1) is 12.8 Å². The van der Waals surface area contributed by atoms with Gasteiger partial charge < -0.3 is 9.64 Å². The molecule has 3 aromatic heterocycles. The number of imidazole rings is 2. The van der Waals surface area contributed by atoms with Gasteiger partial charge in [-0.3, -0.25) is 22.9 Å². The van der Waals surface area contributed by atoms with Crippen molar-refractivity contribution in [3.8, 4) is 11.4 Å². The highest BCUT2D eigenvalue weighted by atomic mass is 16.5. The summed E-state index contributed by atoms with van der Waals surface area (Å²) in [6.45, 7) is 5.10. The minimum atomic E-state index is -0.329. The molecule has 9 nitrogen and oxygen atoms in total. The average Bonchev–Trinajstić information content (AvgIpc) is 3.32. The fourth-order valence-corrected chi connectivity index (χ4v) is 4.70. The summed E-state index contributed by atoms with van der Waals surface area (Å²) in [5.41, 5.74) is 1.99. The molecule has 4 aromatic rings. The Morgan fingerprint density at radius 1 is 1.09 bits per heavy atom. The Kier molecular flexibility index (Phi) is 5.13. The van der Waals surface area contributed by atoms with Gasteiger partial charge in [0.25, 0.3) is 5.56 Å². The molecular formula is C23H28N6O3. The number of hydrogen-bond donors (Lipinski definition) is 0.